The maximum Gasteiger partial charge on any atom is 0.313 e. The molecule has 0 rings (SSSR count). The van der Waals surface area contributed by atoms with Gasteiger partial charge in [0.15, 0.2) is 0 Å². The molecule has 0 bridgehead atoms. The zero-order valence-electron chi connectivity index (χ0n) is 12.0. The monoisotopic (exact) mass is 260 g/mol. The molecule has 0 aromatic heterocycles. The third-order valence-corrected chi connectivity index (χ3v) is 2.62. The molecule has 102 valence electrons. The van der Waals surface area contributed by atoms with E-state index in [9.17, 15) is 4.79 Å². The first-order valence-electron chi connectivity index (χ1n) is 6.15. The molecule has 0 aliphatic rings. The summed E-state index contributed by atoms with van der Waals surface area (Å²) in [5.41, 5.74) is 0.0181. The van der Waals surface area contributed by atoms with Crippen LogP contribution < -0.4 is 0 Å². The number of nitriles is 2. The van der Waals surface area contributed by atoms with Gasteiger partial charge in [0.05, 0.1) is 12.5 Å². The molecule has 0 aromatic rings. The normalized spacial score (nSPS) is 11.7. The van der Waals surface area contributed by atoms with Crippen molar-refractivity contribution in [1.82, 2.24) is 0 Å². The van der Waals surface area contributed by atoms with Crippen LogP contribution >= 0.6 is 0 Å². The average Bonchev–Trinajstić information content (AvgIpc) is 2.32. The molecular formula is C15H20N2O2. The van der Waals surface area contributed by atoms with Crippen LogP contribution in [0.2, 0.25) is 0 Å². The van der Waals surface area contributed by atoms with Gasteiger partial charge in [-0.1, -0.05) is 26.8 Å². The van der Waals surface area contributed by atoms with Gasteiger partial charge in [-0.15, -0.1) is 6.58 Å². The average molecular weight is 260 g/mol. The van der Waals surface area contributed by atoms with Gasteiger partial charge in [0.2, 0.25) is 0 Å². The molecule has 0 amide bonds. The number of carbonyl (C=O) groups excluding carboxylic acids is 1. The molecule has 0 aliphatic carbocycles. The van der Waals surface area contributed by atoms with E-state index in [0.29, 0.717) is 12.0 Å². The second-order valence-corrected chi connectivity index (χ2v) is 5.09. The van der Waals surface area contributed by atoms with Crippen LogP contribution in [-0.4, -0.2) is 12.6 Å². The number of esters is 1. The molecule has 4 heteroatoms. The van der Waals surface area contributed by atoms with Gasteiger partial charge in [-0.3, -0.25) is 4.79 Å². The highest BCUT2D eigenvalue weighted by Crippen LogP contribution is 2.36. The Bertz CT molecular complexity index is 440. The lowest BCUT2D eigenvalue weighted by molar-refractivity contribution is -0.146. The standard InChI is InChI=1S/C15H20N2O2/c1-6-8-12(14(18)19-7-2)13(15(3,4)5)11(9-16)10-17/h6,12H,1,7-8H2,2-5H3. The Morgan fingerprint density at radius 3 is 2.21 bits per heavy atom. The summed E-state index contributed by atoms with van der Waals surface area (Å²) in [6.07, 6.45) is 1.94. The SMILES string of the molecule is C=CCC(C(=O)OCC)C(=C(C#N)C#N)C(C)(C)C. The quantitative estimate of drug-likeness (QED) is 0.432. The van der Waals surface area contributed by atoms with E-state index < -0.39 is 17.3 Å². The molecule has 0 N–H and O–H groups in total. The number of nitrogens with zero attached hydrogens (tertiary/aromatic N) is 2. The number of rotatable bonds is 5. The second-order valence-electron chi connectivity index (χ2n) is 5.09. The molecule has 0 fully saturated rings. The summed E-state index contributed by atoms with van der Waals surface area (Å²) in [6.45, 7) is 11.2. The van der Waals surface area contributed by atoms with E-state index in [4.69, 9.17) is 15.3 Å². The summed E-state index contributed by atoms with van der Waals surface area (Å²) in [7, 11) is 0. The number of hydrogen-bond acceptors (Lipinski definition) is 4. The topological polar surface area (TPSA) is 73.9 Å². The summed E-state index contributed by atoms with van der Waals surface area (Å²) in [5.74, 6) is -1.05. The minimum Gasteiger partial charge on any atom is -0.466 e. The van der Waals surface area contributed by atoms with Gasteiger partial charge in [0.1, 0.15) is 17.7 Å². The van der Waals surface area contributed by atoms with E-state index in [1.54, 1.807) is 13.0 Å². The van der Waals surface area contributed by atoms with Gasteiger partial charge in [0, 0.05) is 0 Å². The Hall–Kier alpha value is -2.07. The Kier molecular flexibility index (Phi) is 6.58. The number of carbonyl (C=O) groups is 1. The van der Waals surface area contributed by atoms with Crippen molar-refractivity contribution in [3.8, 4) is 12.1 Å². The van der Waals surface area contributed by atoms with Crippen LogP contribution in [0.3, 0.4) is 0 Å². The van der Waals surface area contributed by atoms with Gasteiger partial charge in [-0.05, 0) is 24.3 Å². The maximum atomic E-state index is 12.0. The fourth-order valence-corrected chi connectivity index (χ4v) is 1.96. The van der Waals surface area contributed by atoms with Crippen molar-refractivity contribution in [3.63, 3.8) is 0 Å². The van der Waals surface area contributed by atoms with Crippen LogP contribution in [0.1, 0.15) is 34.1 Å². The van der Waals surface area contributed by atoms with Crippen molar-refractivity contribution in [2.45, 2.75) is 34.1 Å². The second kappa shape index (κ2) is 7.38. The maximum absolute atomic E-state index is 12.0. The number of hydrogen-bond donors (Lipinski definition) is 0. The first-order chi connectivity index (χ1) is 8.83. The number of allylic oxidation sites excluding steroid dienone is 2. The Morgan fingerprint density at radius 1 is 1.37 bits per heavy atom. The van der Waals surface area contributed by atoms with Crippen LogP contribution in [0.5, 0.6) is 0 Å². The predicted molar refractivity (Wildman–Crippen MR) is 72.6 cm³/mol. The molecule has 19 heavy (non-hydrogen) atoms. The lowest BCUT2D eigenvalue weighted by Gasteiger charge is -2.28. The molecule has 0 aromatic carbocycles. The van der Waals surface area contributed by atoms with Crippen molar-refractivity contribution in [1.29, 1.82) is 10.5 Å². The molecule has 0 saturated carbocycles. The van der Waals surface area contributed by atoms with Gasteiger partial charge >= 0.3 is 5.97 Å². The molecule has 0 radical (unpaired) electrons. The van der Waals surface area contributed by atoms with Crippen molar-refractivity contribution in [2.75, 3.05) is 6.61 Å². The Balaban J connectivity index is 5.89. The van der Waals surface area contributed by atoms with E-state index in [1.807, 2.05) is 32.9 Å². The van der Waals surface area contributed by atoms with E-state index >= 15 is 0 Å². The summed E-state index contributed by atoms with van der Waals surface area (Å²) in [5, 5.41) is 18.2. The van der Waals surface area contributed by atoms with Crippen molar-refractivity contribution in [3.05, 3.63) is 23.8 Å². The van der Waals surface area contributed by atoms with Crippen molar-refractivity contribution in [2.24, 2.45) is 11.3 Å². The minimum absolute atomic E-state index is 0.0209. The Labute approximate surface area is 115 Å². The van der Waals surface area contributed by atoms with E-state index in [1.165, 1.54) is 0 Å². The third kappa shape index (κ3) is 4.60. The molecule has 0 heterocycles. The zero-order chi connectivity index (χ0) is 15.1. The summed E-state index contributed by atoms with van der Waals surface area (Å²) >= 11 is 0. The van der Waals surface area contributed by atoms with Crippen LogP contribution in [-0.2, 0) is 9.53 Å². The van der Waals surface area contributed by atoms with E-state index in [-0.39, 0.29) is 12.2 Å². The number of ether oxygens (including phenoxy) is 1. The fourth-order valence-electron chi connectivity index (χ4n) is 1.96. The van der Waals surface area contributed by atoms with Crippen LogP contribution in [0.15, 0.2) is 23.8 Å². The first-order valence-corrected chi connectivity index (χ1v) is 6.15. The Morgan fingerprint density at radius 2 is 1.89 bits per heavy atom. The van der Waals surface area contributed by atoms with Gasteiger partial charge in [-0.25, -0.2) is 0 Å². The molecule has 0 spiro atoms. The highest BCUT2D eigenvalue weighted by atomic mass is 16.5. The lowest BCUT2D eigenvalue weighted by atomic mass is 9.75. The molecule has 1 atom stereocenters. The molecule has 4 nitrogen and oxygen atoms in total. The van der Waals surface area contributed by atoms with Gasteiger partial charge in [0.25, 0.3) is 0 Å². The van der Waals surface area contributed by atoms with E-state index in [0.717, 1.165) is 0 Å². The van der Waals surface area contributed by atoms with Gasteiger partial charge in [-0.2, -0.15) is 10.5 Å². The first kappa shape index (κ1) is 16.9. The van der Waals surface area contributed by atoms with Crippen LogP contribution in [0, 0.1) is 34.0 Å². The predicted octanol–water partition coefficient (Wildman–Crippen LogP) is 3.13. The highest BCUT2D eigenvalue weighted by Gasteiger charge is 2.33. The minimum atomic E-state index is -0.633. The molecule has 1 unspecified atom stereocenters. The largest absolute Gasteiger partial charge is 0.466 e. The van der Waals surface area contributed by atoms with Crippen molar-refractivity contribution >= 4 is 5.97 Å². The lowest BCUT2D eigenvalue weighted by Crippen LogP contribution is -2.27. The third-order valence-electron chi connectivity index (χ3n) is 2.62. The summed E-state index contributed by atoms with van der Waals surface area (Å²) < 4.78 is 5.03. The molecule has 0 aliphatic heterocycles. The highest BCUT2D eigenvalue weighted by molar-refractivity contribution is 5.77. The summed E-state index contributed by atoms with van der Waals surface area (Å²) in [6, 6.07) is 3.74. The summed E-state index contributed by atoms with van der Waals surface area (Å²) in [4.78, 5) is 12.0. The fraction of sp³-hybridized carbons (Fsp3) is 0.533. The zero-order valence-corrected chi connectivity index (χ0v) is 12.0. The van der Waals surface area contributed by atoms with Crippen LogP contribution in [0.25, 0.3) is 0 Å². The molecule has 0 saturated heterocycles. The van der Waals surface area contributed by atoms with Gasteiger partial charge < -0.3 is 4.74 Å². The van der Waals surface area contributed by atoms with Crippen LogP contribution in [0.4, 0.5) is 0 Å². The van der Waals surface area contributed by atoms with E-state index in [2.05, 4.69) is 6.58 Å². The van der Waals surface area contributed by atoms with Crippen molar-refractivity contribution < 1.29 is 9.53 Å². The smallest absolute Gasteiger partial charge is 0.313 e. The molecular weight excluding hydrogens is 240 g/mol.